The molecule has 0 spiro atoms. The molecule has 178 valence electrons. The second-order valence-electron chi connectivity index (χ2n) is 8.87. The molecule has 0 radical (unpaired) electrons. The summed E-state index contributed by atoms with van der Waals surface area (Å²) in [7, 11) is 0. The lowest BCUT2D eigenvalue weighted by molar-refractivity contribution is -0.173. The molecule has 2 aliphatic rings. The lowest BCUT2D eigenvalue weighted by Crippen LogP contribution is -2.49. The zero-order valence-electron chi connectivity index (χ0n) is 18.8. The average Bonchev–Trinajstić information content (AvgIpc) is 3.27. The van der Waals surface area contributed by atoms with Crippen molar-refractivity contribution in [3.63, 3.8) is 0 Å². The Morgan fingerprint density at radius 1 is 1.00 bits per heavy atom. The fourth-order valence-corrected chi connectivity index (χ4v) is 4.66. The Kier molecular flexibility index (Phi) is 5.71. The first-order valence-electron chi connectivity index (χ1n) is 11.4. The third kappa shape index (κ3) is 4.34. The number of anilines is 2. The number of carbonyl (C=O) groups is 1. The molecule has 0 bridgehead atoms. The summed E-state index contributed by atoms with van der Waals surface area (Å²) in [6.45, 7) is 4.21. The van der Waals surface area contributed by atoms with Gasteiger partial charge in [0.15, 0.2) is 11.7 Å². The lowest BCUT2D eigenvalue weighted by Gasteiger charge is -2.35. The van der Waals surface area contributed by atoms with Crippen LogP contribution in [0.1, 0.15) is 40.1 Å². The summed E-state index contributed by atoms with van der Waals surface area (Å²) in [6, 6.07) is 16.5. The molecule has 1 N–H and O–H groups in total. The van der Waals surface area contributed by atoms with Gasteiger partial charge < -0.3 is 15.1 Å². The van der Waals surface area contributed by atoms with Crippen LogP contribution in [0.2, 0.25) is 0 Å². The number of piperazine rings is 1. The van der Waals surface area contributed by atoms with Crippen molar-refractivity contribution in [2.45, 2.75) is 31.6 Å². The van der Waals surface area contributed by atoms with Gasteiger partial charge in [-0.15, -0.1) is 0 Å². The fourth-order valence-electron chi connectivity index (χ4n) is 4.66. The van der Waals surface area contributed by atoms with Crippen LogP contribution in [0, 0.1) is 6.92 Å². The Bertz CT molecular complexity index is 1150. The van der Waals surface area contributed by atoms with Crippen LogP contribution in [-0.4, -0.2) is 52.9 Å². The normalized spacial score (nSPS) is 20.6. The lowest BCUT2D eigenvalue weighted by atomic mass is 9.96. The first-order chi connectivity index (χ1) is 16.3. The molecule has 3 aromatic rings. The number of rotatable bonds is 3. The van der Waals surface area contributed by atoms with Crippen LogP contribution in [0.4, 0.5) is 24.7 Å². The quantitative estimate of drug-likeness (QED) is 0.598. The summed E-state index contributed by atoms with van der Waals surface area (Å²) in [5.74, 6) is -0.130. The minimum Gasteiger partial charge on any atom is -0.368 e. The number of para-hydroxylation sites is 1. The van der Waals surface area contributed by atoms with Crippen LogP contribution in [0.5, 0.6) is 0 Å². The van der Waals surface area contributed by atoms with Gasteiger partial charge >= 0.3 is 6.18 Å². The molecule has 2 aromatic carbocycles. The van der Waals surface area contributed by atoms with Crippen molar-refractivity contribution < 1.29 is 18.0 Å². The maximum absolute atomic E-state index is 14.0. The van der Waals surface area contributed by atoms with Gasteiger partial charge in [-0.2, -0.15) is 18.3 Å². The Balaban J connectivity index is 1.35. The van der Waals surface area contributed by atoms with E-state index in [-0.39, 0.29) is 23.8 Å². The molecule has 2 aliphatic heterocycles. The second kappa shape index (κ2) is 8.70. The number of nitrogens with one attached hydrogen (secondary N) is 1. The van der Waals surface area contributed by atoms with E-state index in [1.165, 1.54) is 6.07 Å². The van der Waals surface area contributed by atoms with Gasteiger partial charge in [0.2, 0.25) is 0 Å². The molecule has 1 amide bonds. The highest BCUT2D eigenvalue weighted by molar-refractivity contribution is 5.93. The Labute approximate surface area is 196 Å². The summed E-state index contributed by atoms with van der Waals surface area (Å²) in [4.78, 5) is 17.0. The van der Waals surface area contributed by atoms with E-state index in [4.69, 9.17) is 0 Å². The minimum absolute atomic E-state index is 0.0365. The molecule has 5 rings (SSSR count). The molecular formula is C25H26F3N5O. The molecule has 34 heavy (non-hydrogen) atoms. The first-order valence-corrected chi connectivity index (χ1v) is 11.4. The number of nitrogens with zero attached hydrogens (tertiary/aromatic N) is 4. The maximum atomic E-state index is 14.0. The van der Waals surface area contributed by atoms with Gasteiger partial charge in [-0.25, -0.2) is 4.68 Å². The Morgan fingerprint density at radius 2 is 1.68 bits per heavy atom. The number of aryl methyl sites for hydroxylation is 1. The molecule has 3 heterocycles. The van der Waals surface area contributed by atoms with Crippen molar-refractivity contribution in [1.82, 2.24) is 14.7 Å². The zero-order valence-corrected chi connectivity index (χ0v) is 18.8. The van der Waals surface area contributed by atoms with Crippen molar-refractivity contribution in [3.8, 4) is 0 Å². The van der Waals surface area contributed by atoms with Crippen LogP contribution < -0.4 is 10.2 Å². The summed E-state index contributed by atoms with van der Waals surface area (Å²) in [5, 5.41) is 7.29. The number of amides is 1. The van der Waals surface area contributed by atoms with E-state index >= 15 is 0 Å². The molecule has 0 saturated carbocycles. The highest BCUT2D eigenvalue weighted by Crippen LogP contribution is 2.43. The minimum atomic E-state index is -4.48. The van der Waals surface area contributed by atoms with Crippen LogP contribution in [-0.2, 0) is 0 Å². The largest absolute Gasteiger partial charge is 0.410 e. The number of fused-ring (bicyclic) bond motifs is 1. The molecule has 2 atom stereocenters. The Morgan fingerprint density at radius 3 is 2.32 bits per heavy atom. The fraction of sp³-hybridized carbons (Fsp3) is 0.360. The molecule has 9 heteroatoms. The molecule has 0 aliphatic carbocycles. The average molecular weight is 470 g/mol. The number of hydrogen-bond acceptors (Lipinski definition) is 4. The van der Waals surface area contributed by atoms with E-state index in [2.05, 4.69) is 15.3 Å². The zero-order chi connectivity index (χ0) is 23.9. The van der Waals surface area contributed by atoms with E-state index < -0.39 is 18.3 Å². The predicted octanol–water partition coefficient (Wildman–Crippen LogP) is 4.81. The highest BCUT2D eigenvalue weighted by atomic mass is 19.4. The van der Waals surface area contributed by atoms with E-state index in [1.807, 2.05) is 61.5 Å². The summed E-state index contributed by atoms with van der Waals surface area (Å²) in [6.07, 6.45) is -4.67. The number of aromatic nitrogens is 2. The SMILES string of the molecule is Cc1ccc([C@@H]2C[C@@H](C(F)(F)F)n3nc(C(=O)N4CCN(c5ccccc5)CC4)cc3N2)cc1. The molecule has 1 aromatic heterocycles. The second-order valence-corrected chi connectivity index (χ2v) is 8.87. The number of alkyl halides is 3. The van der Waals surface area contributed by atoms with E-state index in [0.717, 1.165) is 21.5 Å². The van der Waals surface area contributed by atoms with Gasteiger partial charge in [0.25, 0.3) is 5.91 Å². The topological polar surface area (TPSA) is 53.4 Å². The van der Waals surface area contributed by atoms with Crippen molar-refractivity contribution in [2.75, 3.05) is 36.4 Å². The van der Waals surface area contributed by atoms with Crippen LogP contribution in [0.25, 0.3) is 0 Å². The molecule has 6 nitrogen and oxygen atoms in total. The van der Waals surface area contributed by atoms with Crippen LogP contribution in [0.3, 0.4) is 0 Å². The van der Waals surface area contributed by atoms with Crippen LogP contribution in [0.15, 0.2) is 60.7 Å². The van der Waals surface area contributed by atoms with Crippen molar-refractivity contribution in [3.05, 3.63) is 77.5 Å². The van der Waals surface area contributed by atoms with Gasteiger partial charge in [-0.1, -0.05) is 48.0 Å². The van der Waals surface area contributed by atoms with E-state index in [9.17, 15) is 18.0 Å². The van der Waals surface area contributed by atoms with Gasteiger partial charge in [-0.3, -0.25) is 4.79 Å². The number of benzene rings is 2. The predicted molar refractivity (Wildman–Crippen MR) is 124 cm³/mol. The number of carbonyl (C=O) groups excluding carboxylic acids is 1. The highest BCUT2D eigenvalue weighted by Gasteiger charge is 2.47. The monoisotopic (exact) mass is 469 g/mol. The number of halogens is 3. The summed E-state index contributed by atoms with van der Waals surface area (Å²) >= 11 is 0. The smallest absolute Gasteiger partial charge is 0.368 e. The van der Waals surface area contributed by atoms with Crippen molar-refractivity contribution in [2.24, 2.45) is 0 Å². The van der Waals surface area contributed by atoms with Crippen molar-refractivity contribution >= 4 is 17.4 Å². The summed E-state index contributed by atoms with van der Waals surface area (Å²) in [5.41, 5.74) is 2.94. The molecule has 1 saturated heterocycles. The van der Waals surface area contributed by atoms with Crippen LogP contribution >= 0.6 is 0 Å². The third-order valence-corrected chi connectivity index (χ3v) is 6.58. The first kappa shape index (κ1) is 22.3. The van der Waals surface area contributed by atoms with Gasteiger partial charge in [-0.05, 0) is 24.6 Å². The third-order valence-electron chi connectivity index (χ3n) is 6.58. The van der Waals surface area contributed by atoms with Crippen molar-refractivity contribution in [1.29, 1.82) is 0 Å². The van der Waals surface area contributed by atoms with Gasteiger partial charge in [0, 0.05) is 44.4 Å². The molecule has 0 unspecified atom stereocenters. The molecular weight excluding hydrogens is 443 g/mol. The summed E-state index contributed by atoms with van der Waals surface area (Å²) < 4.78 is 42.8. The van der Waals surface area contributed by atoms with E-state index in [0.29, 0.717) is 26.2 Å². The maximum Gasteiger partial charge on any atom is 0.410 e. The van der Waals surface area contributed by atoms with Gasteiger partial charge in [0.05, 0.1) is 6.04 Å². The number of hydrogen-bond donors (Lipinski definition) is 1. The standard InChI is InChI=1S/C25H26F3N5O/c1-17-7-9-18(10-8-17)20-15-22(25(26,27)28)33-23(29-20)16-21(30-33)24(34)32-13-11-31(12-14-32)19-5-3-2-4-6-19/h2-10,16,20,22,29H,11-15H2,1H3/t20-,22-/m0/s1. The van der Waals surface area contributed by atoms with E-state index in [1.54, 1.807) is 4.90 Å². The molecule has 1 fully saturated rings. The Hall–Kier alpha value is -3.49. The van der Waals surface area contributed by atoms with Gasteiger partial charge in [0.1, 0.15) is 5.82 Å².